The van der Waals surface area contributed by atoms with Crippen molar-refractivity contribution in [2.45, 2.75) is 58.9 Å². The molecule has 0 aromatic rings. The summed E-state index contributed by atoms with van der Waals surface area (Å²) < 4.78 is 0. The molecule has 0 aromatic heterocycles. The highest BCUT2D eigenvalue weighted by molar-refractivity contribution is 5.79. The maximum atomic E-state index is 12.4. The molecule has 1 aliphatic carbocycles. The average molecular weight is 252 g/mol. The lowest BCUT2D eigenvalue weighted by Gasteiger charge is -2.38. The first-order valence-electron chi connectivity index (χ1n) is 7.52. The molecule has 3 heteroatoms. The SMILES string of the molecule is CC(NC(=O)C1CCCCC1(C)C)C1CCNC1. The molecule has 1 heterocycles. The van der Waals surface area contributed by atoms with E-state index in [2.05, 4.69) is 31.4 Å². The summed E-state index contributed by atoms with van der Waals surface area (Å²) in [6.07, 6.45) is 5.92. The molecule has 1 saturated carbocycles. The predicted molar refractivity (Wildman–Crippen MR) is 74.3 cm³/mol. The summed E-state index contributed by atoms with van der Waals surface area (Å²) in [5, 5.41) is 6.64. The molecule has 2 aliphatic rings. The van der Waals surface area contributed by atoms with Gasteiger partial charge in [0.2, 0.25) is 5.91 Å². The summed E-state index contributed by atoms with van der Waals surface area (Å²) in [5.74, 6) is 1.11. The topological polar surface area (TPSA) is 41.1 Å². The fourth-order valence-corrected chi connectivity index (χ4v) is 3.53. The standard InChI is InChI=1S/C15H28N2O/c1-11(12-7-9-16-10-12)17-14(18)13-6-4-5-8-15(13,2)3/h11-13,16H,4-10H2,1-3H3,(H,17,18). The summed E-state index contributed by atoms with van der Waals surface area (Å²) in [6.45, 7) is 8.80. The van der Waals surface area contributed by atoms with Crippen molar-refractivity contribution in [2.75, 3.05) is 13.1 Å². The zero-order chi connectivity index (χ0) is 13.2. The van der Waals surface area contributed by atoms with E-state index in [0.29, 0.717) is 17.9 Å². The average Bonchev–Trinajstić information content (AvgIpc) is 2.81. The van der Waals surface area contributed by atoms with Crippen molar-refractivity contribution in [3.05, 3.63) is 0 Å². The van der Waals surface area contributed by atoms with Crippen LogP contribution in [-0.2, 0) is 4.79 Å². The summed E-state index contributed by atoms with van der Waals surface area (Å²) in [6, 6.07) is 0.310. The molecular weight excluding hydrogens is 224 g/mol. The number of carbonyl (C=O) groups is 1. The van der Waals surface area contributed by atoms with E-state index in [4.69, 9.17) is 0 Å². The number of hydrogen-bond acceptors (Lipinski definition) is 2. The van der Waals surface area contributed by atoms with Crippen molar-refractivity contribution >= 4 is 5.91 Å². The molecule has 0 radical (unpaired) electrons. The monoisotopic (exact) mass is 252 g/mol. The number of nitrogens with one attached hydrogen (secondary N) is 2. The van der Waals surface area contributed by atoms with Crippen LogP contribution in [0.25, 0.3) is 0 Å². The van der Waals surface area contributed by atoms with Gasteiger partial charge in [0.15, 0.2) is 0 Å². The number of carbonyl (C=O) groups excluding carboxylic acids is 1. The van der Waals surface area contributed by atoms with E-state index in [1.54, 1.807) is 0 Å². The molecule has 3 nitrogen and oxygen atoms in total. The van der Waals surface area contributed by atoms with Gasteiger partial charge >= 0.3 is 0 Å². The fraction of sp³-hybridized carbons (Fsp3) is 0.933. The van der Waals surface area contributed by atoms with Crippen molar-refractivity contribution in [3.63, 3.8) is 0 Å². The molecule has 0 spiro atoms. The molecule has 0 aromatic carbocycles. The minimum absolute atomic E-state index is 0.177. The number of rotatable bonds is 3. The lowest BCUT2D eigenvalue weighted by Crippen LogP contribution is -2.46. The smallest absolute Gasteiger partial charge is 0.223 e. The Hall–Kier alpha value is -0.570. The Morgan fingerprint density at radius 1 is 1.33 bits per heavy atom. The molecule has 1 aliphatic heterocycles. The van der Waals surface area contributed by atoms with Crippen LogP contribution >= 0.6 is 0 Å². The first-order chi connectivity index (χ1) is 8.50. The molecular formula is C15H28N2O. The third kappa shape index (κ3) is 3.05. The van der Waals surface area contributed by atoms with Gasteiger partial charge in [-0.1, -0.05) is 26.7 Å². The van der Waals surface area contributed by atoms with Crippen LogP contribution in [0.5, 0.6) is 0 Å². The van der Waals surface area contributed by atoms with Gasteiger partial charge in [0.1, 0.15) is 0 Å². The zero-order valence-electron chi connectivity index (χ0n) is 12.1. The van der Waals surface area contributed by atoms with Crippen molar-refractivity contribution in [1.82, 2.24) is 10.6 Å². The van der Waals surface area contributed by atoms with Crippen LogP contribution in [-0.4, -0.2) is 25.0 Å². The van der Waals surface area contributed by atoms with Crippen LogP contribution in [0.2, 0.25) is 0 Å². The molecule has 1 amide bonds. The second kappa shape index (κ2) is 5.60. The van der Waals surface area contributed by atoms with E-state index in [0.717, 1.165) is 19.5 Å². The Bertz CT molecular complexity index is 295. The number of amides is 1. The molecule has 3 atom stereocenters. The van der Waals surface area contributed by atoms with Crippen LogP contribution in [0.1, 0.15) is 52.9 Å². The molecule has 3 unspecified atom stereocenters. The van der Waals surface area contributed by atoms with Gasteiger partial charge in [-0.3, -0.25) is 4.79 Å². The van der Waals surface area contributed by atoms with Crippen molar-refractivity contribution in [3.8, 4) is 0 Å². The normalized spacial score (nSPS) is 33.1. The zero-order valence-corrected chi connectivity index (χ0v) is 12.1. The minimum Gasteiger partial charge on any atom is -0.353 e. The molecule has 104 valence electrons. The Morgan fingerprint density at radius 3 is 2.72 bits per heavy atom. The summed E-state index contributed by atoms with van der Waals surface area (Å²) in [7, 11) is 0. The summed E-state index contributed by atoms with van der Waals surface area (Å²) >= 11 is 0. The largest absolute Gasteiger partial charge is 0.353 e. The minimum atomic E-state index is 0.177. The quantitative estimate of drug-likeness (QED) is 0.809. The van der Waals surface area contributed by atoms with E-state index in [1.807, 2.05) is 0 Å². The molecule has 18 heavy (non-hydrogen) atoms. The van der Waals surface area contributed by atoms with Gasteiger partial charge in [0.05, 0.1) is 0 Å². The Labute approximate surface area is 111 Å². The van der Waals surface area contributed by atoms with E-state index in [9.17, 15) is 4.79 Å². The van der Waals surface area contributed by atoms with Gasteiger partial charge in [-0.2, -0.15) is 0 Å². The first-order valence-corrected chi connectivity index (χ1v) is 7.52. The molecule has 0 bridgehead atoms. The van der Waals surface area contributed by atoms with E-state index < -0.39 is 0 Å². The van der Waals surface area contributed by atoms with E-state index in [-0.39, 0.29) is 11.3 Å². The van der Waals surface area contributed by atoms with Crippen molar-refractivity contribution < 1.29 is 4.79 Å². The molecule has 1 saturated heterocycles. The van der Waals surface area contributed by atoms with Gasteiger partial charge in [-0.25, -0.2) is 0 Å². The first kappa shape index (κ1) is 13.9. The van der Waals surface area contributed by atoms with E-state index in [1.165, 1.54) is 25.7 Å². The second-order valence-electron chi connectivity index (χ2n) is 6.84. The molecule has 2 rings (SSSR count). The third-order valence-electron chi connectivity index (χ3n) is 5.00. The third-order valence-corrected chi connectivity index (χ3v) is 5.00. The predicted octanol–water partition coefficient (Wildman–Crippen LogP) is 2.32. The summed E-state index contributed by atoms with van der Waals surface area (Å²) in [4.78, 5) is 12.4. The Balaban J connectivity index is 1.90. The van der Waals surface area contributed by atoms with Gasteiger partial charge < -0.3 is 10.6 Å². The maximum absolute atomic E-state index is 12.4. The lowest BCUT2D eigenvalue weighted by molar-refractivity contribution is -0.131. The van der Waals surface area contributed by atoms with Gasteiger partial charge in [-0.15, -0.1) is 0 Å². The van der Waals surface area contributed by atoms with E-state index >= 15 is 0 Å². The molecule has 2 fully saturated rings. The highest BCUT2D eigenvalue weighted by Crippen LogP contribution is 2.40. The molecule has 2 N–H and O–H groups in total. The van der Waals surface area contributed by atoms with Gasteiger partial charge in [0.25, 0.3) is 0 Å². The van der Waals surface area contributed by atoms with Crippen LogP contribution in [0, 0.1) is 17.3 Å². The second-order valence-corrected chi connectivity index (χ2v) is 6.84. The van der Waals surface area contributed by atoms with Crippen molar-refractivity contribution in [2.24, 2.45) is 17.3 Å². The van der Waals surface area contributed by atoms with Crippen LogP contribution in [0.3, 0.4) is 0 Å². The van der Waals surface area contributed by atoms with Crippen molar-refractivity contribution in [1.29, 1.82) is 0 Å². The number of hydrogen-bond donors (Lipinski definition) is 2. The highest BCUT2D eigenvalue weighted by atomic mass is 16.2. The van der Waals surface area contributed by atoms with Gasteiger partial charge in [-0.05, 0) is 50.6 Å². The lowest BCUT2D eigenvalue weighted by atomic mass is 9.68. The fourth-order valence-electron chi connectivity index (χ4n) is 3.53. The Kier molecular flexibility index (Phi) is 4.31. The summed E-state index contributed by atoms with van der Waals surface area (Å²) in [5.41, 5.74) is 0.177. The highest BCUT2D eigenvalue weighted by Gasteiger charge is 2.38. The van der Waals surface area contributed by atoms with Crippen LogP contribution in [0.4, 0.5) is 0 Å². The van der Waals surface area contributed by atoms with Gasteiger partial charge in [0, 0.05) is 12.0 Å². The van der Waals surface area contributed by atoms with Crippen LogP contribution in [0.15, 0.2) is 0 Å². The maximum Gasteiger partial charge on any atom is 0.223 e. The van der Waals surface area contributed by atoms with Crippen LogP contribution < -0.4 is 10.6 Å². The Morgan fingerprint density at radius 2 is 2.11 bits per heavy atom.